The van der Waals surface area contributed by atoms with Crippen molar-refractivity contribution in [3.05, 3.63) is 47.1 Å². The summed E-state index contributed by atoms with van der Waals surface area (Å²) in [5.74, 6) is -0.658. The lowest BCUT2D eigenvalue weighted by Gasteiger charge is -2.35. The van der Waals surface area contributed by atoms with Gasteiger partial charge in [0.2, 0.25) is 5.91 Å². The second-order valence-electron chi connectivity index (χ2n) is 9.84. The maximum absolute atomic E-state index is 13.2. The summed E-state index contributed by atoms with van der Waals surface area (Å²) in [6.07, 6.45) is 4.22. The number of carbonyl (C=O) groups is 3. The van der Waals surface area contributed by atoms with Gasteiger partial charge in [-0.3, -0.25) is 14.4 Å². The Hall–Kier alpha value is -4.03. The van der Waals surface area contributed by atoms with Crippen LogP contribution in [0.3, 0.4) is 0 Å². The Balaban J connectivity index is 1.45. The summed E-state index contributed by atoms with van der Waals surface area (Å²) in [5.41, 5.74) is 1.19. The molecular formula is C28H32N6O5S. The molecule has 2 aromatic heterocycles. The molecule has 3 N–H and O–H groups in total. The first-order valence-corrected chi connectivity index (χ1v) is 13.7. The molecule has 210 valence electrons. The summed E-state index contributed by atoms with van der Waals surface area (Å²) in [6.45, 7) is 2.13. The van der Waals surface area contributed by atoms with Gasteiger partial charge in [0.1, 0.15) is 15.7 Å². The van der Waals surface area contributed by atoms with Gasteiger partial charge in [0.05, 0.1) is 48.0 Å². The van der Waals surface area contributed by atoms with Crippen LogP contribution in [0.4, 0.5) is 17.2 Å². The molecule has 2 fully saturated rings. The Morgan fingerprint density at radius 3 is 2.60 bits per heavy atom. The number of hydrogen-bond acceptors (Lipinski definition) is 9. The van der Waals surface area contributed by atoms with E-state index in [4.69, 9.17) is 13.6 Å². The fraction of sp³-hybridized carbons (Fsp3) is 0.393. The first kappa shape index (κ1) is 23.8. The van der Waals surface area contributed by atoms with Crippen molar-refractivity contribution < 1.29 is 28.0 Å². The van der Waals surface area contributed by atoms with Crippen molar-refractivity contribution in [1.82, 2.24) is 20.2 Å². The first-order chi connectivity index (χ1) is 20.4. The SMILES string of the molecule is [2H]C([2H])([2H])NC(=O)c1cnc(NC(=O)C2CC2)cc1Nc1cccc(-c2ncc(C(=O)N3C[C@@H](C)O[C@@H](C)C3)s2)c1OC. The molecule has 1 saturated carbocycles. The minimum Gasteiger partial charge on any atom is -0.494 e. The summed E-state index contributed by atoms with van der Waals surface area (Å²) < 4.78 is 33.8. The number of benzene rings is 1. The summed E-state index contributed by atoms with van der Waals surface area (Å²) >= 11 is 1.23. The van der Waals surface area contributed by atoms with Gasteiger partial charge >= 0.3 is 0 Å². The zero-order chi connectivity index (χ0) is 30.9. The van der Waals surface area contributed by atoms with Crippen molar-refractivity contribution >= 4 is 46.3 Å². The van der Waals surface area contributed by atoms with Crippen LogP contribution < -0.4 is 20.7 Å². The number of ether oxygens (including phenoxy) is 2. The molecule has 1 aliphatic carbocycles. The van der Waals surface area contributed by atoms with Gasteiger partial charge in [-0.25, -0.2) is 9.97 Å². The highest BCUT2D eigenvalue weighted by molar-refractivity contribution is 7.17. The number of anilines is 3. The molecule has 0 spiro atoms. The molecule has 1 saturated heterocycles. The van der Waals surface area contributed by atoms with E-state index in [1.54, 1.807) is 29.3 Å². The summed E-state index contributed by atoms with van der Waals surface area (Å²) in [5, 5.41) is 8.40. The number of pyridine rings is 1. The molecule has 0 bridgehead atoms. The van der Waals surface area contributed by atoms with E-state index in [1.165, 1.54) is 30.7 Å². The summed E-state index contributed by atoms with van der Waals surface area (Å²) in [7, 11) is 1.48. The third kappa shape index (κ3) is 5.92. The van der Waals surface area contributed by atoms with Crippen LogP contribution in [0, 0.1) is 5.92 Å². The van der Waals surface area contributed by atoms with E-state index < -0.39 is 12.9 Å². The molecule has 40 heavy (non-hydrogen) atoms. The number of nitrogens with zero attached hydrogens (tertiary/aromatic N) is 3. The third-order valence-electron chi connectivity index (χ3n) is 6.60. The van der Waals surface area contributed by atoms with Crippen molar-refractivity contribution in [1.29, 1.82) is 0 Å². The predicted molar refractivity (Wildman–Crippen MR) is 152 cm³/mol. The van der Waals surface area contributed by atoms with Crippen molar-refractivity contribution in [2.75, 3.05) is 37.8 Å². The van der Waals surface area contributed by atoms with Crippen molar-refractivity contribution in [3.63, 3.8) is 0 Å². The van der Waals surface area contributed by atoms with Crippen LogP contribution in [0.1, 0.15) is 50.8 Å². The number of rotatable bonds is 8. The molecular weight excluding hydrogens is 532 g/mol. The maximum Gasteiger partial charge on any atom is 0.265 e. The minimum absolute atomic E-state index is 0.0518. The molecule has 0 radical (unpaired) electrons. The van der Waals surface area contributed by atoms with Gasteiger partial charge in [0, 0.05) is 42.4 Å². The van der Waals surface area contributed by atoms with Gasteiger partial charge in [0.25, 0.3) is 11.8 Å². The van der Waals surface area contributed by atoms with E-state index in [0.717, 1.165) is 12.8 Å². The highest BCUT2D eigenvalue weighted by Crippen LogP contribution is 2.40. The number of amides is 3. The molecule has 1 aliphatic heterocycles. The van der Waals surface area contributed by atoms with E-state index >= 15 is 0 Å². The Bertz CT molecular complexity index is 1530. The highest BCUT2D eigenvalue weighted by atomic mass is 32.1. The van der Waals surface area contributed by atoms with E-state index in [2.05, 4.69) is 20.6 Å². The van der Waals surface area contributed by atoms with Gasteiger partial charge in [-0.1, -0.05) is 6.07 Å². The zero-order valence-electron chi connectivity index (χ0n) is 25.3. The van der Waals surface area contributed by atoms with Crippen molar-refractivity contribution in [2.45, 2.75) is 38.9 Å². The van der Waals surface area contributed by atoms with Crippen LogP contribution in [-0.2, 0) is 9.53 Å². The van der Waals surface area contributed by atoms with Gasteiger partial charge in [-0.05, 0) is 38.8 Å². The molecule has 3 amide bonds. The fourth-order valence-electron chi connectivity index (χ4n) is 4.62. The van der Waals surface area contributed by atoms with E-state index in [1.807, 2.05) is 19.2 Å². The highest BCUT2D eigenvalue weighted by Gasteiger charge is 2.30. The molecule has 0 unspecified atom stereocenters. The number of methoxy groups -OCH3 is 1. The number of para-hydroxylation sites is 1. The topological polar surface area (TPSA) is 135 Å². The van der Waals surface area contributed by atoms with E-state index in [9.17, 15) is 14.4 Å². The van der Waals surface area contributed by atoms with Crippen molar-refractivity contribution in [3.8, 4) is 16.3 Å². The lowest BCUT2D eigenvalue weighted by molar-refractivity contribution is -0.117. The fourth-order valence-corrected chi connectivity index (χ4v) is 5.52. The quantitative estimate of drug-likeness (QED) is 0.373. The average molecular weight is 568 g/mol. The number of nitrogens with one attached hydrogen (secondary N) is 3. The largest absolute Gasteiger partial charge is 0.494 e. The summed E-state index contributed by atoms with van der Waals surface area (Å²) in [4.78, 5) is 49.4. The van der Waals surface area contributed by atoms with Gasteiger partial charge in [0.15, 0.2) is 5.75 Å². The lowest BCUT2D eigenvalue weighted by atomic mass is 10.1. The summed E-state index contributed by atoms with van der Waals surface area (Å²) in [6, 6.07) is 6.73. The van der Waals surface area contributed by atoms with Crippen molar-refractivity contribution in [2.24, 2.45) is 5.92 Å². The van der Waals surface area contributed by atoms with Crippen LogP contribution in [0.5, 0.6) is 5.75 Å². The molecule has 3 aromatic rings. The number of carbonyl (C=O) groups excluding carboxylic acids is 3. The first-order valence-electron chi connectivity index (χ1n) is 14.4. The monoisotopic (exact) mass is 567 g/mol. The maximum atomic E-state index is 13.2. The van der Waals surface area contributed by atoms with Gasteiger partial charge in [-0.2, -0.15) is 0 Å². The molecule has 1 aromatic carbocycles. The molecule has 11 nitrogen and oxygen atoms in total. The average Bonchev–Trinajstić information content (AvgIpc) is 3.68. The van der Waals surface area contributed by atoms with Gasteiger partial charge < -0.3 is 30.3 Å². The molecule has 2 aliphatic rings. The Labute approximate surface area is 240 Å². The third-order valence-corrected chi connectivity index (χ3v) is 7.62. The van der Waals surface area contributed by atoms with E-state index in [-0.39, 0.29) is 47.0 Å². The normalized spacial score (nSPS) is 20.1. The van der Waals surface area contributed by atoms with Crippen LogP contribution >= 0.6 is 11.3 Å². The van der Waals surface area contributed by atoms with Crippen LogP contribution in [-0.4, -0.2) is 72.0 Å². The van der Waals surface area contributed by atoms with Crippen LogP contribution in [0.15, 0.2) is 36.7 Å². The molecule has 12 heteroatoms. The standard InChI is InChI=1S/C28H32N6O5S/c1-15-13-34(14-16(2)39-15)28(37)22-12-31-27(40-22)18-6-5-7-20(24(18)38-4)32-21-10-23(33-25(35)17-8-9-17)30-11-19(21)26(36)29-3/h5-7,10-12,15-17H,8-9,13-14H2,1-4H3,(H,29,36)(H2,30,32,33,35)/t15-,16+/i3D3. The molecule has 2 atom stereocenters. The number of thiazole rings is 1. The second-order valence-corrected chi connectivity index (χ2v) is 10.9. The Kier molecular flexibility index (Phi) is 6.91. The lowest BCUT2D eigenvalue weighted by Crippen LogP contribution is -2.48. The number of hydrogen-bond donors (Lipinski definition) is 3. The Morgan fingerprint density at radius 1 is 1.12 bits per heavy atom. The number of aromatic nitrogens is 2. The second kappa shape index (κ2) is 11.6. The molecule has 3 heterocycles. The predicted octanol–water partition coefficient (Wildman–Crippen LogP) is 3.91. The van der Waals surface area contributed by atoms with Crippen LogP contribution in [0.25, 0.3) is 10.6 Å². The smallest absolute Gasteiger partial charge is 0.265 e. The van der Waals surface area contributed by atoms with Gasteiger partial charge in [-0.15, -0.1) is 11.3 Å². The minimum atomic E-state index is -2.72. The Morgan fingerprint density at radius 2 is 1.90 bits per heavy atom. The molecule has 5 rings (SSSR count). The number of morpholine rings is 1. The van der Waals surface area contributed by atoms with Crippen LogP contribution in [0.2, 0.25) is 0 Å². The zero-order valence-corrected chi connectivity index (χ0v) is 23.1. The van der Waals surface area contributed by atoms with E-state index in [0.29, 0.717) is 40.0 Å².